The number of nitrogens with one attached hydrogen (secondary N) is 3. The molecular formula is C20H21ClN4O2. The zero-order valence-electron chi connectivity index (χ0n) is 15.0. The topological polar surface area (TPSA) is 86.9 Å². The molecule has 3 rings (SSSR count). The van der Waals surface area contributed by atoms with Crippen LogP contribution in [0.2, 0.25) is 5.02 Å². The van der Waals surface area contributed by atoms with Crippen molar-refractivity contribution in [3.8, 4) is 0 Å². The van der Waals surface area contributed by atoms with Gasteiger partial charge in [0.25, 0.3) is 0 Å². The zero-order chi connectivity index (χ0) is 19.2. The van der Waals surface area contributed by atoms with E-state index in [1.165, 1.54) is 0 Å². The molecule has 140 valence electrons. The molecule has 0 unspecified atom stereocenters. The maximum absolute atomic E-state index is 12.6. The monoisotopic (exact) mass is 384 g/mol. The van der Waals surface area contributed by atoms with Crippen molar-refractivity contribution in [2.75, 3.05) is 5.32 Å². The molecule has 0 bridgehead atoms. The van der Waals surface area contributed by atoms with Gasteiger partial charge in [0.2, 0.25) is 17.8 Å². The number of carbonyl (C=O) groups excluding carboxylic acids is 2. The van der Waals surface area contributed by atoms with Gasteiger partial charge in [-0.15, -0.1) is 0 Å². The molecule has 0 aliphatic heterocycles. The van der Waals surface area contributed by atoms with Gasteiger partial charge in [-0.25, -0.2) is 4.98 Å². The van der Waals surface area contributed by atoms with Gasteiger partial charge in [-0.2, -0.15) is 0 Å². The average molecular weight is 385 g/mol. The maximum Gasteiger partial charge on any atom is 0.249 e. The third-order valence-electron chi connectivity index (χ3n) is 4.17. The largest absolute Gasteiger partial charge is 0.344 e. The highest BCUT2D eigenvalue weighted by atomic mass is 35.5. The molecule has 2 aromatic carbocycles. The number of aromatic nitrogens is 2. The number of hydrogen-bond acceptors (Lipinski definition) is 3. The van der Waals surface area contributed by atoms with Gasteiger partial charge >= 0.3 is 0 Å². The lowest BCUT2D eigenvalue weighted by Gasteiger charge is -2.17. The summed E-state index contributed by atoms with van der Waals surface area (Å²) in [5, 5.41) is 6.08. The first kappa shape index (κ1) is 18.9. The molecule has 0 saturated carbocycles. The summed E-state index contributed by atoms with van der Waals surface area (Å²) in [6, 6.07) is 14.0. The molecular weight excluding hydrogens is 364 g/mol. The minimum absolute atomic E-state index is 0.123. The van der Waals surface area contributed by atoms with Crippen molar-refractivity contribution in [1.82, 2.24) is 15.3 Å². The molecule has 1 atom stereocenters. The lowest BCUT2D eigenvalue weighted by atomic mass is 10.1. The van der Waals surface area contributed by atoms with Gasteiger partial charge in [0, 0.05) is 5.02 Å². The van der Waals surface area contributed by atoms with Crippen molar-refractivity contribution in [1.29, 1.82) is 0 Å². The minimum Gasteiger partial charge on any atom is -0.344 e. The summed E-state index contributed by atoms with van der Waals surface area (Å²) in [7, 11) is 0. The fourth-order valence-corrected chi connectivity index (χ4v) is 3.04. The first-order valence-electron chi connectivity index (χ1n) is 8.85. The standard InChI is InChI=1S/C20H21ClN4O2/c1-2-7-17(22-18(26)12-13-8-3-4-9-14(13)21)19(27)25-20-23-15-10-5-6-11-16(15)24-20/h3-6,8-11,17H,2,7,12H2,1H3,(H,22,26)(H2,23,24,25,27)/t17-/m1/s1. The zero-order valence-corrected chi connectivity index (χ0v) is 15.7. The molecule has 0 radical (unpaired) electrons. The average Bonchev–Trinajstić information content (AvgIpc) is 3.05. The summed E-state index contributed by atoms with van der Waals surface area (Å²) >= 11 is 6.10. The summed E-state index contributed by atoms with van der Waals surface area (Å²) in [5.74, 6) is -0.188. The first-order valence-corrected chi connectivity index (χ1v) is 9.23. The molecule has 1 heterocycles. The number of hydrogen-bond donors (Lipinski definition) is 3. The SMILES string of the molecule is CCC[C@@H](NC(=O)Cc1ccccc1Cl)C(=O)Nc1nc2ccccc2[nH]1. The Morgan fingerprint density at radius 3 is 2.63 bits per heavy atom. The van der Waals surface area contributed by atoms with E-state index in [0.29, 0.717) is 17.4 Å². The summed E-state index contributed by atoms with van der Waals surface area (Å²) in [6.45, 7) is 1.96. The van der Waals surface area contributed by atoms with Crippen LogP contribution in [0.4, 0.5) is 5.95 Å². The van der Waals surface area contributed by atoms with Crippen LogP contribution in [0, 0.1) is 0 Å². The molecule has 27 heavy (non-hydrogen) atoms. The van der Waals surface area contributed by atoms with Crippen LogP contribution >= 0.6 is 11.6 Å². The number of fused-ring (bicyclic) bond motifs is 1. The van der Waals surface area contributed by atoms with E-state index < -0.39 is 6.04 Å². The van der Waals surface area contributed by atoms with E-state index >= 15 is 0 Å². The molecule has 0 spiro atoms. The number of para-hydroxylation sites is 2. The van der Waals surface area contributed by atoms with Gasteiger partial charge in [0.1, 0.15) is 6.04 Å². The number of halogens is 1. The Balaban J connectivity index is 1.65. The minimum atomic E-state index is -0.641. The molecule has 2 amide bonds. The first-order chi connectivity index (χ1) is 13.1. The number of aromatic amines is 1. The van der Waals surface area contributed by atoms with Gasteiger partial charge in [-0.05, 0) is 30.2 Å². The third-order valence-corrected chi connectivity index (χ3v) is 4.54. The lowest BCUT2D eigenvalue weighted by Crippen LogP contribution is -2.44. The predicted octanol–water partition coefficient (Wildman–Crippen LogP) is 3.68. The second kappa shape index (κ2) is 8.68. The predicted molar refractivity (Wildman–Crippen MR) is 107 cm³/mol. The van der Waals surface area contributed by atoms with Gasteiger partial charge in [-0.1, -0.05) is 55.3 Å². The maximum atomic E-state index is 12.6. The fourth-order valence-electron chi connectivity index (χ4n) is 2.83. The van der Waals surface area contributed by atoms with Crippen molar-refractivity contribution in [2.45, 2.75) is 32.2 Å². The second-order valence-corrected chi connectivity index (χ2v) is 6.68. The molecule has 3 N–H and O–H groups in total. The molecule has 6 nitrogen and oxygen atoms in total. The molecule has 0 saturated heterocycles. The van der Waals surface area contributed by atoms with E-state index in [4.69, 9.17) is 11.6 Å². The normalized spacial score (nSPS) is 11.9. The smallest absolute Gasteiger partial charge is 0.249 e. The van der Waals surface area contributed by atoms with Gasteiger partial charge < -0.3 is 10.3 Å². The van der Waals surface area contributed by atoms with Crippen molar-refractivity contribution in [3.63, 3.8) is 0 Å². The van der Waals surface area contributed by atoms with E-state index in [9.17, 15) is 9.59 Å². The van der Waals surface area contributed by atoms with Crippen molar-refractivity contribution < 1.29 is 9.59 Å². The summed E-state index contributed by atoms with van der Waals surface area (Å²) in [6.07, 6.45) is 1.41. The van der Waals surface area contributed by atoms with Gasteiger partial charge in [0.05, 0.1) is 17.5 Å². The Labute approximate surface area is 162 Å². The quantitative estimate of drug-likeness (QED) is 0.580. The molecule has 7 heteroatoms. The summed E-state index contributed by atoms with van der Waals surface area (Å²) in [5.41, 5.74) is 2.33. The number of amides is 2. The molecule has 0 fully saturated rings. The Hall–Kier alpha value is -2.86. The Morgan fingerprint density at radius 2 is 1.89 bits per heavy atom. The van der Waals surface area contributed by atoms with Crippen LogP contribution in [0.15, 0.2) is 48.5 Å². The van der Waals surface area contributed by atoms with Crippen LogP contribution in [-0.2, 0) is 16.0 Å². The number of rotatable bonds is 7. The number of H-pyrrole nitrogens is 1. The molecule has 3 aromatic rings. The second-order valence-electron chi connectivity index (χ2n) is 6.27. The highest BCUT2D eigenvalue weighted by Gasteiger charge is 2.21. The van der Waals surface area contributed by atoms with Crippen molar-refractivity contribution in [2.24, 2.45) is 0 Å². The molecule has 1 aromatic heterocycles. The van der Waals surface area contributed by atoms with Crippen molar-refractivity contribution in [3.05, 3.63) is 59.1 Å². The highest BCUT2D eigenvalue weighted by Crippen LogP contribution is 2.16. The number of nitrogens with zero attached hydrogens (tertiary/aromatic N) is 1. The summed E-state index contributed by atoms with van der Waals surface area (Å²) in [4.78, 5) is 32.4. The Kier molecular flexibility index (Phi) is 6.08. The lowest BCUT2D eigenvalue weighted by molar-refractivity contribution is -0.126. The van der Waals surface area contributed by atoms with Crippen LogP contribution in [0.25, 0.3) is 11.0 Å². The highest BCUT2D eigenvalue weighted by molar-refractivity contribution is 6.31. The molecule has 0 aliphatic rings. The third kappa shape index (κ3) is 4.86. The van der Waals surface area contributed by atoms with E-state index in [-0.39, 0.29) is 18.2 Å². The van der Waals surface area contributed by atoms with E-state index in [1.807, 2.05) is 43.3 Å². The van der Waals surface area contributed by atoms with Gasteiger partial charge in [-0.3, -0.25) is 14.9 Å². The van der Waals surface area contributed by atoms with E-state index in [0.717, 1.165) is 23.0 Å². The van der Waals surface area contributed by atoms with E-state index in [1.54, 1.807) is 12.1 Å². The van der Waals surface area contributed by atoms with Crippen LogP contribution in [0.3, 0.4) is 0 Å². The Morgan fingerprint density at radius 1 is 1.15 bits per heavy atom. The fraction of sp³-hybridized carbons (Fsp3) is 0.250. The Bertz CT molecular complexity index is 921. The van der Waals surface area contributed by atoms with Crippen molar-refractivity contribution >= 4 is 40.4 Å². The van der Waals surface area contributed by atoms with Crippen LogP contribution in [0.1, 0.15) is 25.3 Å². The van der Waals surface area contributed by atoms with Crippen LogP contribution in [0.5, 0.6) is 0 Å². The van der Waals surface area contributed by atoms with Crippen LogP contribution in [-0.4, -0.2) is 27.8 Å². The number of anilines is 1. The summed E-state index contributed by atoms with van der Waals surface area (Å²) < 4.78 is 0. The van der Waals surface area contributed by atoms with Crippen LogP contribution < -0.4 is 10.6 Å². The van der Waals surface area contributed by atoms with E-state index in [2.05, 4.69) is 20.6 Å². The van der Waals surface area contributed by atoms with Gasteiger partial charge in [0.15, 0.2) is 0 Å². The number of imidazole rings is 1. The number of carbonyl (C=O) groups is 2. The molecule has 0 aliphatic carbocycles. The number of benzene rings is 2.